The minimum Gasteiger partial charge on any atom is -0.421 e. The summed E-state index contributed by atoms with van der Waals surface area (Å²) < 4.78 is 47.8. The Morgan fingerprint density at radius 1 is 1.10 bits per heavy atom. The van der Waals surface area contributed by atoms with Gasteiger partial charge in [-0.25, -0.2) is 14.8 Å². The largest absolute Gasteiger partial charge is 0.434 e. The highest BCUT2D eigenvalue weighted by molar-refractivity contribution is 7.15. The summed E-state index contributed by atoms with van der Waals surface area (Å²) in [5.41, 5.74) is 1.00. The summed E-state index contributed by atoms with van der Waals surface area (Å²) in [5.74, 6) is 0.797. The summed E-state index contributed by atoms with van der Waals surface area (Å²) >= 11 is 0.962. The lowest BCUT2D eigenvalue weighted by atomic mass is 10.0. The molecule has 14 heteroatoms. The van der Waals surface area contributed by atoms with E-state index in [1.807, 2.05) is 0 Å². The van der Waals surface area contributed by atoms with E-state index in [9.17, 15) is 18.0 Å². The number of alkyl halides is 3. The van der Waals surface area contributed by atoms with Crippen LogP contribution in [0.5, 0.6) is 0 Å². The van der Waals surface area contributed by atoms with E-state index >= 15 is 0 Å². The summed E-state index contributed by atoms with van der Waals surface area (Å²) in [4.78, 5) is 24.9. The van der Waals surface area contributed by atoms with Gasteiger partial charge in [-0.3, -0.25) is 10.3 Å². The molecule has 0 saturated heterocycles. The molecule has 0 unspecified atom stereocenters. The molecule has 10 nitrogen and oxygen atoms in total. The number of hydrogen-bond donors (Lipinski definition) is 3. The predicted molar refractivity (Wildman–Crippen MR) is 143 cm³/mol. The highest BCUT2D eigenvalue weighted by atomic mass is 32.1. The minimum atomic E-state index is -4.63. The van der Waals surface area contributed by atoms with Crippen molar-refractivity contribution in [2.24, 2.45) is 0 Å². The van der Waals surface area contributed by atoms with Crippen molar-refractivity contribution < 1.29 is 22.4 Å². The van der Waals surface area contributed by atoms with Crippen LogP contribution in [-0.4, -0.2) is 43.8 Å². The number of anilines is 1. The van der Waals surface area contributed by atoms with Crippen LogP contribution in [0.4, 0.5) is 23.8 Å². The van der Waals surface area contributed by atoms with Crippen LogP contribution in [0.15, 0.2) is 35.1 Å². The lowest BCUT2D eigenvalue weighted by Gasteiger charge is -2.12. The second-order valence-electron chi connectivity index (χ2n) is 9.34. The number of aryl methyl sites for hydroxylation is 1. The van der Waals surface area contributed by atoms with Gasteiger partial charge in [0.25, 0.3) is 0 Å². The molecule has 3 N–H and O–H groups in total. The van der Waals surface area contributed by atoms with Crippen molar-refractivity contribution in [2.75, 3.05) is 11.9 Å². The van der Waals surface area contributed by atoms with Crippen molar-refractivity contribution in [3.05, 3.63) is 47.2 Å². The van der Waals surface area contributed by atoms with E-state index in [0.717, 1.165) is 37.0 Å². The Hall–Kier alpha value is -3.91. The number of carbonyl (C=O) groups excluding carboxylic acids is 1. The number of rotatable bonds is 8. The van der Waals surface area contributed by atoms with Crippen molar-refractivity contribution >= 4 is 23.2 Å². The van der Waals surface area contributed by atoms with Gasteiger partial charge in [-0.15, -0.1) is 21.5 Å². The van der Waals surface area contributed by atoms with E-state index in [-0.39, 0.29) is 34.2 Å². The predicted octanol–water partition coefficient (Wildman–Crippen LogP) is 5.82. The fourth-order valence-electron chi connectivity index (χ4n) is 4.54. The fraction of sp³-hybridized carbons (Fsp3) is 0.385. The Balaban J connectivity index is 1.58. The van der Waals surface area contributed by atoms with Crippen LogP contribution in [0.2, 0.25) is 0 Å². The molecule has 4 heterocycles. The second kappa shape index (κ2) is 11.7. The van der Waals surface area contributed by atoms with Crippen molar-refractivity contribution in [1.82, 2.24) is 35.8 Å². The van der Waals surface area contributed by atoms with Gasteiger partial charge in [0.15, 0.2) is 5.69 Å². The molecule has 1 saturated carbocycles. The monoisotopic (exact) mass is 572 g/mol. The van der Waals surface area contributed by atoms with E-state index < -0.39 is 17.9 Å². The zero-order valence-electron chi connectivity index (χ0n) is 21.8. The zero-order valence-corrected chi connectivity index (χ0v) is 22.6. The summed E-state index contributed by atoms with van der Waals surface area (Å²) in [7, 11) is 0. The van der Waals surface area contributed by atoms with Crippen LogP contribution in [0.3, 0.4) is 0 Å². The quantitative estimate of drug-likeness (QED) is 0.241. The van der Waals surface area contributed by atoms with Gasteiger partial charge in [0, 0.05) is 61.3 Å². The first kappa shape index (κ1) is 27.6. The Labute approximate surface area is 231 Å². The maximum atomic E-state index is 14.1. The topological polar surface area (TPSA) is 131 Å². The number of carbonyl (C=O) groups is 1. The van der Waals surface area contributed by atoms with Crippen LogP contribution in [0, 0.1) is 6.92 Å². The van der Waals surface area contributed by atoms with Gasteiger partial charge in [0.05, 0.1) is 10.4 Å². The molecule has 2 amide bonds. The molecule has 0 aliphatic heterocycles. The molecule has 0 bridgehead atoms. The lowest BCUT2D eigenvalue weighted by molar-refractivity contribution is -0.141. The summed E-state index contributed by atoms with van der Waals surface area (Å²) in [6.07, 6.45) is 3.97. The van der Waals surface area contributed by atoms with E-state index in [1.54, 1.807) is 32.3 Å². The van der Waals surface area contributed by atoms with Crippen LogP contribution in [-0.2, 0) is 12.7 Å². The van der Waals surface area contributed by atoms with Crippen LogP contribution in [0.25, 0.3) is 33.2 Å². The number of pyridine rings is 2. The Bertz CT molecular complexity index is 1500. The number of thiazole rings is 1. The third kappa shape index (κ3) is 6.28. The number of amides is 2. The first-order valence-corrected chi connectivity index (χ1v) is 13.6. The average molecular weight is 573 g/mol. The number of hydrogen-bond acceptors (Lipinski definition) is 9. The van der Waals surface area contributed by atoms with Gasteiger partial charge in [-0.05, 0) is 31.9 Å². The van der Waals surface area contributed by atoms with Crippen molar-refractivity contribution in [1.29, 1.82) is 0 Å². The highest BCUT2D eigenvalue weighted by Gasteiger charge is 2.38. The second-order valence-corrected chi connectivity index (χ2v) is 10.4. The van der Waals surface area contributed by atoms with Crippen molar-refractivity contribution in [3.63, 3.8) is 0 Å². The minimum absolute atomic E-state index is 0.0646. The normalized spacial score (nSPS) is 14.0. The molecule has 0 spiro atoms. The number of urea groups is 1. The van der Waals surface area contributed by atoms with Gasteiger partial charge in [-0.2, -0.15) is 13.2 Å². The van der Waals surface area contributed by atoms with Crippen molar-refractivity contribution in [3.8, 4) is 33.2 Å². The third-order valence-corrected chi connectivity index (χ3v) is 7.50. The number of nitrogens with zero attached hydrogens (tertiary/aromatic N) is 5. The molecule has 1 fully saturated rings. The molecule has 0 radical (unpaired) electrons. The summed E-state index contributed by atoms with van der Waals surface area (Å²) in [6, 6.07) is 2.96. The van der Waals surface area contributed by atoms with E-state index in [0.29, 0.717) is 34.7 Å². The van der Waals surface area contributed by atoms with E-state index in [2.05, 4.69) is 41.1 Å². The first-order valence-electron chi connectivity index (χ1n) is 12.8. The molecular formula is C26H27F3N8O2S. The fourth-order valence-corrected chi connectivity index (χ4v) is 5.61. The van der Waals surface area contributed by atoms with Gasteiger partial charge in [0.1, 0.15) is 10.8 Å². The van der Waals surface area contributed by atoms with Gasteiger partial charge in [0.2, 0.25) is 11.8 Å². The zero-order chi connectivity index (χ0) is 28.3. The Morgan fingerprint density at radius 3 is 2.58 bits per heavy atom. The molecule has 5 rings (SSSR count). The van der Waals surface area contributed by atoms with E-state index in [1.165, 1.54) is 12.3 Å². The molecule has 0 atom stereocenters. The number of nitrogens with one attached hydrogen (secondary N) is 3. The summed E-state index contributed by atoms with van der Waals surface area (Å²) in [5, 5.41) is 16.5. The highest BCUT2D eigenvalue weighted by Crippen LogP contribution is 2.41. The number of aromatic nitrogens is 5. The third-order valence-electron chi connectivity index (χ3n) is 6.41. The molecule has 1 aliphatic rings. The standard InChI is InChI=1S/C26H27F3N8O2S/c1-3-31-25(38)34-21-9-18(19(12-33-21)15-8-16(11-30-10-15)23-37-36-14(2)39-23)24-35-22(26(27,28)29)20(40-24)13-32-17-6-4-5-7-17/h8-12,17,32H,3-7,13H2,1-2H3,(H2,31,33,34,38). The molecule has 0 aromatic carbocycles. The van der Waals surface area contributed by atoms with E-state index in [4.69, 9.17) is 4.42 Å². The Morgan fingerprint density at radius 2 is 1.88 bits per heavy atom. The first-order chi connectivity index (χ1) is 19.2. The maximum absolute atomic E-state index is 14.1. The average Bonchev–Trinajstić information content (AvgIpc) is 3.68. The maximum Gasteiger partial charge on any atom is 0.434 e. The van der Waals surface area contributed by atoms with Gasteiger partial charge < -0.3 is 15.1 Å². The molecule has 210 valence electrons. The molecule has 1 aliphatic carbocycles. The Kier molecular flexibility index (Phi) is 8.07. The molecule has 4 aromatic rings. The van der Waals surface area contributed by atoms with Gasteiger partial charge in [-0.1, -0.05) is 12.8 Å². The lowest BCUT2D eigenvalue weighted by Crippen LogP contribution is -2.28. The molecular weight excluding hydrogens is 545 g/mol. The summed E-state index contributed by atoms with van der Waals surface area (Å²) in [6.45, 7) is 3.89. The van der Waals surface area contributed by atoms with Crippen LogP contribution < -0.4 is 16.0 Å². The van der Waals surface area contributed by atoms with Gasteiger partial charge >= 0.3 is 12.2 Å². The van der Waals surface area contributed by atoms with Crippen molar-refractivity contribution in [2.45, 2.75) is 58.3 Å². The number of halogens is 3. The molecule has 40 heavy (non-hydrogen) atoms. The smallest absolute Gasteiger partial charge is 0.421 e. The van der Waals surface area contributed by atoms with Crippen LogP contribution in [0.1, 0.15) is 49.1 Å². The van der Waals surface area contributed by atoms with Crippen LogP contribution >= 0.6 is 11.3 Å². The molecule has 4 aromatic heterocycles. The SMILES string of the molecule is CCNC(=O)Nc1cc(-c2nc(C(F)(F)F)c(CNC3CCCC3)s2)c(-c2cncc(-c3nnc(C)o3)c2)cn1.